The van der Waals surface area contributed by atoms with E-state index in [1.165, 1.54) is 5.69 Å². The SMILES string of the molecule is c1ccc(N2CCN(Cn3nnc4c5cccnc5ccc43)CC2)cc1. The summed E-state index contributed by atoms with van der Waals surface area (Å²) in [5.41, 5.74) is 4.26. The molecule has 26 heavy (non-hydrogen) atoms. The molecule has 6 nitrogen and oxygen atoms in total. The molecule has 1 fully saturated rings. The molecule has 0 saturated carbocycles. The molecule has 2 aromatic carbocycles. The molecule has 2 aromatic heterocycles. The molecule has 4 aromatic rings. The van der Waals surface area contributed by atoms with Crippen molar-refractivity contribution < 1.29 is 0 Å². The molecular weight excluding hydrogens is 324 g/mol. The van der Waals surface area contributed by atoms with E-state index in [1.54, 1.807) is 0 Å². The van der Waals surface area contributed by atoms with E-state index in [-0.39, 0.29) is 0 Å². The van der Waals surface area contributed by atoms with Crippen LogP contribution < -0.4 is 4.90 Å². The number of piperazine rings is 1. The maximum Gasteiger partial charge on any atom is 0.122 e. The van der Waals surface area contributed by atoms with Crippen molar-refractivity contribution in [3.05, 3.63) is 60.8 Å². The van der Waals surface area contributed by atoms with Gasteiger partial charge in [-0.1, -0.05) is 23.4 Å². The Kier molecular flexibility index (Phi) is 3.75. The molecule has 5 rings (SSSR count). The summed E-state index contributed by atoms with van der Waals surface area (Å²) in [5.74, 6) is 0. The Balaban J connectivity index is 1.34. The van der Waals surface area contributed by atoms with Gasteiger partial charge in [0.2, 0.25) is 0 Å². The number of aromatic nitrogens is 4. The highest BCUT2D eigenvalue weighted by Crippen LogP contribution is 2.22. The zero-order valence-corrected chi connectivity index (χ0v) is 14.5. The summed E-state index contributed by atoms with van der Waals surface area (Å²) < 4.78 is 2.00. The van der Waals surface area contributed by atoms with Crippen LogP contribution in [0.4, 0.5) is 5.69 Å². The van der Waals surface area contributed by atoms with Crippen LogP contribution in [0, 0.1) is 0 Å². The molecule has 0 unspecified atom stereocenters. The van der Waals surface area contributed by atoms with Gasteiger partial charge in [-0.25, -0.2) is 4.68 Å². The summed E-state index contributed by atoms with van der Waals surface area (Å²) in [6, 6.07) is 18.8. The van der Waals surface area contributed by atoms with Crippen LogP contribution in [0.2, 0.25) is 0 Å². The van der Waals surface area contributed by atoms with Crippen LogP contribution in [0.5, 0.6) is 0 Å². The minimum absolute atomic E-state index is 0.769. The van der Waals surface area contributed by atoms with Gasteiger partial charge in [0, 0.05) is 43.4 Å². The molecule has 1 aliphatic heterocycles. The van der Waals surface area contributed by atoms with Gasteiger partial charge in [0.15, 0.2) is 0 Å². The average molecular weight is 344 g/mol. The number of hydrogen-bond donors (Lipinski definition) is 0. The lowest BCUT2D eigenvalue weighted by atomic mass is 10.2. The second-order valence-corrected chi connectivity index (χ2v) is 6.67. The monoisotopic (exact) mass is 344 g/mol. The van der Waals surface area contributed by atoms with E-state index in [4.69, 9.17) is 0 Å². The molecule has 0 radical (unpaired) electrons. The third-order valence-electron chi connectivity index (χ3n) is 5.09. The summed E-state index contributed by atoms with van der Waals surface area (Å²) in [6.07, 6.45) is 1.81. The van der Waals surface area contributed by atoms with E-state index >= 15 is 0 Å². The van der Waals surface area contributed by atoms with Gasteiger partial charge in [0.25, 0.3) is 0 Å². The molecule has 6 heteroatoms. The van der Waals surface area contributed by atoms with Crippen molar-refractivity contribution in [2.45, 2.75) is 6.67 Å². The van der Waals surface area contributed by atoms with E-state index in [0.29, 0.717) is 0 Å². The first-order valence-corrected chi connectivity index (χ1v) is 8.98. The lowest BCUT2D eigenvalue weighted by Gasteiger charge is -2.35. The smallest absolute Gasteiger partial charge is 0.122 e. The zero-order valence-electron chi connectivity index (χ0n) is 14.5. The fraction of sp³-hybridized carbons (Fsp3) is 0.250. The molecule has 0 aliphatic carbocycles. The van der Waals surface area contributed by atoms with E-state index < -0.39 is 0 Å². The molecule has 0 amide bonds. The van der Waals surface area contributed by atoms with Gasteiger partial charge >= 0.3 is 0 Å². The van der Waals surface area contributed by atoms with Crippen molar-refractivity contribution >= 4 is 27.6 Å². The first kappa shape index (κ1) is 15.3. The van der Waals surface area contributed by atoms with Crippen molar-refractivity contribution in [1.29, 1.82) is 0 Å². The van der Waals surface area contributed by atoms with Crippen LogP contribution in [0.1, 0.15) is 0 Å². The second kappa shape index (κ2) is 6.38. The van der Waals surface area contributed by atoms with Gasteiger partial charge in [-0.15, -0.1) is 5.10 Å². The van der Waals surface area contributed by atoms with Gasteiger partial charge in [-0.05, 0) is 36.4 Å². The summed E-state index contributed by atoms with van der Waals surface area (Å²) in [5, 5.41) is 9.87. The molecular formula is C20H20N6. The number of fused-ring (bicyclic) bond motifs is 3. The van der Waals surface area contributed by atoms with Crippen molar-refractivity contribution in [3.8, 4) is 0 Å². The molecule has 0 atom stereocenters. The number of anilines is 1. The highest BCUT2D eigenvalue weighted by Gasteiger charge is 2.18. The molecule has 0 spiro atoms. The fourth-order valence-corrected chi connectivity index (χ4v) is 3.67. The molecule has 0 bridgehead atoms. The van der Waals surface area contributed by atoms with E-state index in [9.17, 15) is 0 Å². The van der Waals surface area contributed by atoms with Crippen molar-refractivity contribution in [2.75, 3.05) is 31.1 Å². The topological polar surface area (TPSA) is 50.1 Å². The van der Waals surface area contributed by atoms with E-state index in [0.717, 1.165) is 54.8 Å². The van der Waals surface area contributed by atoms with Crippen LogP contribution in [-0.2, 0) is 6.67 Å². The van der Waals surface area contributed by atoms with Crippen molar-refractivity contribution in [2.24, 2.45) is 0 Å². The standard InChI is InChI=1S/C20H20N6/c1-2-5-16(6-3-1)25-13-11-24(12-14-25)15-26-19-9-8-18-17(7-4-10-21-18)20(19)22-23-26/h1-10H,11-15H2. The number of rotatable bonds is 3. The van der Waals surface area contributed by atoms with Gasteiger partial charge in [-0.3, -0.25) is 9.88 Å². The van der Waals surface area contributed by atoms with Crippen LogP contribution in [0.15, 0.2) is 60.8 Å². The normalized spacial score (nSPS) is 15.8. The highest BCUT2D eigenvalue weighted by molar-refractivity contribution is 6.02. The predicted octanol–water partition coefficient (Wildman–Crippen LogP) is 2.76. The van der Waals surface area contributed by atoms with Crippen LogP contribution >= 0.6 is 0 Å². The van der Waals surface area contributed by atoms with Crippen LogP contribution in [0.3, 0.4) is 0 Å². The van der Waals surface area contributed by atoms with Gasteiger partial charge in [-0.2, -0.15) is 0 Å². The van der Waals surface area contributed by atoms with Crippen LogP contribution in [-0.4, -0.2) is 51.1 Å². The number of nitrogens with zero attached hydrogens (tertiary/aromatic N) is 6. The Morgan fingerprint density at radius 1 is 0.846 bits per heavy atom. The summed E-state index contributed by atoms with van der Waals surface area (Å²) in [4.78, 5) is 9.27. The maximum atomic E-state index is 4.41. The Morgan fingerprint density at radius 3 is 2.54 bits per heavy atom. The molecule has 130 valence electrons. The Morgan fingerprint density at radius 2 is 1.69 bits per heavy atom. The average Bonchev–Trinajstić information content (AvgIpc) is 3.12. The maximum absolute atomic E-state index is 4.41. The van der Waals surface area contributed by atoms with Crippen molar-refractivity contribution in [3.63, 3.8) is 0 Å². The first-order valence-electron chi connectivity index (χ1n) is 8.98. The molecule has 0 N–H and O–H groups in total. The number of pyridine rings is 1. The number of hydrogen-bond acceptors (Lipinski definition) is 5. The summed E-state index contributed by atoms with van der Waals surface area (Å²) >= 11 is 0. The van der Waals surface area contributed by atoms with E-state index in [2.05, 4.69) is 67.6 Å². The Hall–Kier alpha value is -2.99. The first-order chi connectivity index (χ1) is 12.9. The number of para-hydroxylation sites is 1. The summed E-state index contributed by atoms with van der Waals surface area (Å²) in [6.45, 7) is 4.87. The lowest BCUT2D eigenvalue weighted by molar-refractivity contribution is 0.197. The van der Waals surface area contributed by atoms with Crippen LogP contribution in [0.25, 0.3) is 21.9 Å². The second-order valence-electron chi connectivity index (χ2n) is 6.67. The molecule has 3 heterocycles. The lowest BCUT2D eigenvalue weighted by Crippen LogP contribution is -2.46. The molecule has 1 aliphatic rings. The van der Waals surface area contributed by atoms with Crippen molar-refractivity contribution in [1.82, 2.24) is 24.9 Å². The van der Waals surface area contributed by atoms with E-state index in [1.807, 2.05) is 23.0 Å². The molecule has 1 saturated heterocycles. The third-order valence-corrected chi connectivity index (χ3v) is 5.09. The number of benzene rings is 2. The largest absolute Gasteiger partial charge is 0.369 e. The minimum atomic E-state index is 0.769. The third kappa shape index (κ3) is 2.68. The zero-order chi connectivity index (χ0) is 17.3. The van der Waals surface area contributed by atoms with Gasteiger partial charge < -0.3 is 4.90 Å². The quantitative estimate of drug-likeness (QED) is 0.572. The Bertz CT molecular complexity index is 1030. The Labute approximate surface area is 151 Å². The predicted molar refractivity (Wildman–Crippen MR) is 103 cm³/mol. The fourth-order valence-electron chi connectivity index (χ4n) is 3.67. The summed E-state index contributed by atoms with van der Waals surface area (Å²) in [7, 11) is 0. The minimum Gasteiger partial charge on any atom is -0.369 e. The van der Waals surface area contributed by atoms with Gasteiger partial charge in [0.05, 0.1) is 17.7 Å². The highest BCUT2D eigenvalue weighted by atomic mass is 15.5. The van der Waals surface area contributed by atoms with Gasteiger partial charge in [0.1, 0.15) is 5.52 Å².